The lowest BCUT2D eigenvalue weighted by Crippen LogP contribution is -2.10. The first-order valence-corrected chi connectivity index (χ1v) is 4.83. The van der Waals surface area contributed by atoms with Crippen LogP contribution in [0.1, 0.15) is 36.2 Å². The summed E-state index contributed by atoms with van der Waals surface area (Å²) in [6.07, 6.45) is 0.706. The molecule has 0 heterocycles. The predicted octanol–water partition coefficient (Wildman–Crippen LogP) is 2.93. The molecule has 0 aliphatic carbocycles. The van der Waals surface area contributed by atoms with Gasteiger partial charge in [0.1, 0.15) is 5.82 Å². The number of hydrogen-bond acceptors (Lipinski definition) is 2. The maximum absolute atomic E-state index is 13.0. The van der Waals surface area contributed by atoms with Crippen molar-refractivity contribution in [3.8, 4) is 6.07 Å². The second kappa shape index (κ2) is 4.70. The number of rotatable bonds is 3. The topological polar surface area (TPSA) is 40.9 Å². The van der Waals surface area contributed by atoms with Crippen LogP contribution in [-0.4, -0.2) is 5.78 Å². The van der Waals surface area contributed by atoms with Crippen molar-refractivity contribution in [2.75, 3.05) is 0 Å². The van der Waals surface area contributed by atoms with E-state index >= 15 is 0 Å². The molecule has 0 N–H and O–H groups in total. The Balaban J connectivity index is 3.10. The van der Waals surface area contributed by atoms with Crippen LogP contribution in [0.4, 0.5) is 4.39 Å². The van der Waals surface area contributed by atoms with Gasteiger partial charge in [0.2, 0.25) is 0 Å². The van der Waals surface area contributed by atoms with Crippen LogP contribution in [0, 0.1) is 23.1 Å². The summed E-state index contributed by atoms with van der Waals surface area (Å²) in [4.78, 5) is 11.7. The Hall–Kier alpha value is -1.69. The smallest absolute Gasteiger partial charge is 0.165 e. The lowest BCUT2D eigenvalue weighted by atomic mass is 9.96. The number of Topliss-reactive ketones (excluding diaryl/α,β-unsaturated/α-hetero) is 1. The van der Waals surface area contributed by atoms with Crippen LogP contribution in [0.3, 0.4) is 0 Å². The van der Waals surface area contributed by atoms with Gasteiger partial charge in [0.25, 0.3) is 0 Å². The van der Waals surface area contributed by atoms with E-state index in [0.717, 1.165) is 6.07 Å². The molecule has 2 nitrogen and oxygen atoms in total. The average Bonchev–Trinajstić information content (AvgIpc) is 2.26. The molecule has 0 saturated heterocycles. The summed E-state index contributed by atoms with van der Waals surface area (Å²) in [6, 6.07) is 5.55. The van der Waals surface area contributed by atoms with Crippen LogP contribution < -0.4 is 0 Å². The Morgan fingerprint density at radius 2 is 2.20 bits per heavy atom. The second-order valence-electron chi connectivity index (χ2n) is 3.51. The fourth-order valence-corrected chi connectivity index (χ4v) is 1.27. The van der Waals surface area contributed by atoms with Crippen molar-refractivity contribution < 1.29 is 9.18 Å². The number of hydrogen-bond donors (Lipinski definition) is 0. The number of carbonyl (C=O) groups is 1. The van der Waals surface area contributed by atoms with E-state index < -0.39 is 5.82 Å². The number of ketones is 1. The number of nitrogens with zero attached hydrogens (tertiary/aromatic N) is 1. The fourth-order valence-electron chi connectivity index (χ4n) is 1.27. The van der Waals surface area contributed by atoms with Crippen molar-refractivity contribution in [3.05, 3.63) is 35.1 Å². The standard InChI is InChI=1S/C12H12FNO/c1-3-8(2)12(15)10-4-9(7-14)5-11(13)6-10/h4-6,8H,3H2,1-2H3. The van der Waals surface area contributed by atoms with Crippen molar-refractivity contribution in [2.24, 2.45) is 5.92 Å². The molecular weight excluding hydrogens is 193 g/mol. The minimum Gasteiger partial charge on any atom is -0.294 e. The van der Waals surface area contributed by atoms with Crippen molar-refractivity contribution >= 4 is 5.78 Å². The molecule has 0 radical (unpaired) electrons. The molecule has 15 heavy (non-hydrogen) atoms. The second-order valence-corrected chi connectivity index (χ2v) is 3.51. The lowest BCUT2D eigenvalue weighted by molar-refractivity contribution is 0.0927. The van der Waals surface area contributed by atoms with Gasteiger partial charge in [-0.15, -0.1) is 0 Å². The molecule has 0 bridgehead atoms. The number of benzene rings is 1. The van der Waals surface area contributed by atoms with Crippen LogP contribution >= 0.6 is 0 Å². The van der Waals surface area contributed by atoms with E-state index in [-0.39, 0.29) is 22.8 Å². The first kappa shape index (κ1) is 11.4. The van der Waals surface area contributed by atoms with E-state index in [1.165, 1.54) is 12.1 Å². The fraction of sp³-hybridized carbons (Fsp3) is 0.333. The zero-order valence-corrected chi connectivity index (χ0v) is 8.75. The zero-order chi connectivity index (χ0) is 11.4. The average molecular weight is 205 g/mol. The third-order valence-corrected chi connectivity index (χ3v) is 2.37. The quantitative estimate of drug-likeness (QED) is 0.712. The van der Waals surface area contributed by atoms with Crippen LogP contribution in [0.25, 0.3) is 0 Å². The molecule has 0 amide bonds. The summed E-state index contributed by atoms with van der Waals surface area (Å²) < 4.78 is 13.0. The van der Waals surface area contributed by atoms with Gasteiger partial charge in [-0.3, -0.25) is 4.79 Å². The Morgan fingerprint density at radius 3 is 2.73 bits per heavy atom. The molecule has 0 aromatic heterocycles. The SMILES string of the molecule is CCC(C)C(=O)c1cc(F)cc(C#N)c1. The van der Waals surface area contributed by atoms with Crippen molar-refractivity contribution in [1.82, 2.24) is 0 Å². The van der Waals surface area contributed by atoms with E-state index in [9.17, 15) is 9.18 Å². The summed E-state index contributed by atoms with van der Waals surface area (Å²) in [5, 5.41) is 8.64. The monoisotopic (exact) mass is 205 g/mol. The van der Waals surface area contributed by atoms with Crippen LogP contribution in [0.5, 0.6) is 0 Å². The van der Waals surface area contributed by atoms with Gasteiger partial charge in [-0.25, -0.2) is 4.39 Å². The first-order valence-electron chi connectivity index (χ1n) is 4.83. The van der Waals surface area contributed by atoms with Crippen LogP contribution in [0.2, 0.25) is 0 Å². The maximum atomic E-state index is 13.0. The van der Waals surface area contributed by atoms with Gasteiger partial charge >= 0.3 is 0 Å². The van der Waals surface area contributed by atoms with Gasteiger partial charge in [-0.1, -0.05) is 13.8 Å². The van der Waals surface area contributed by atoms with Gasteiger partial charge in [0, 0.05) is 11.5 Å². The highest BCUT2D eigenvalue weighted by molar-refractivity contribution is 5.97. The summed E-state index contributed by atoms with van der Waals surface area (Å²) in [7, 11) is 0. The molecule has 0 aliphatic heterocycles. The number of halogens is 1. The number of carbonyl (C=O) groups excluding carboxylic acids is 1. The third kappa shape index (κ3) is 2.63. The van der Waals surface area contributed by atoms with E-state index in [2.05, 4.69) is 0 Å². The molecule has 0 aliphatic rings. The van der Waals surface area contributed by atoms with E-state index in [0.29, 0.717) is 6.42 Å². The summed E-state index contributed by atoms with van der Waals surface area (Å²) in [5.41, 5.74) is 0.461. The first-order chi connectivity index (χ1) is 7.08. The highest BCUT2D eigenvalue weighted by atomic mass is 19.1. The normalized spacial score (nSPS) is 11.9. The molecule has 1 atom stereocenters. The Bertz CT molecular complexity index is 420. The minimum absolute atomic E-state index is 0.117. The van der Waals surface area contributed by atoms with Gasteiger partial charge < -0.3 is 0 Å². The molecule has 1 aromatic rings. The molecule has 0 fully saturated rings. The molecule has 1 rings (SSSR count). The summed E-state index contributed by atoms with van der Waals surface area (Å²) in [5.74, 6) is -0.799. The minimum atomic E-state index is -0.541. The Morgan fingerprint density at radius 1 is 1.53 bits per heavy atom. The maximum Gasteiger partial charge on any atom is 0.165 e. The summed E-state index contributed by atoms with van der Waals surface area (Å²) >= 11 is 0. The zero-order valence-electron chi connectivity index (χ0n) is 8.75. The van der Waals surface area contributed by atoms with E-state index in [1.54, 1.807) is 6.92 Å². The van der Waals surface area contributed by atoms with E-state index in [1.807, 2.05) is 13.0 Å². The van der Waals surface area contributed by atoms with E-state index in [4.69, 9.17) is 5.26 Å². The Labute approximate surface area is 88.3 Å². The molecule has 1 unspecified atom stereocenters. The van der Waals surface area contributed by atoms with Crippen molar-refractivity contribution in [2.45, 2.75) is 20.3 Å². The largest absolute Gasteiger partial charge is 0.294 e. The lowest BCUT2D eigenvalue weighted by Gasteiger charge is -2.07. The molecule has 3 heteroatoms. The van der Waals surface area contributed by atoms with Gasteiger partial charge in [-0.05, 0) is 24.6 Å². The van der Waals surface area contributed by atoms with Crippen LogP contribution in [0.15, 0.2) is 18.2 Å². The Kier molecular flexibility index (Phi) is 3.56. The van der Waals surface area contributed by atoms with Gasteiger partial charge in [-0.2, -0.15) is 5.26 Å². The highest BCUT2D eigenvalue weighted by Crippen LogP contribution is 2.15. The molecule has 0 saturated carbocycles. The third-order valence-electron chi connectivity index (χ3n) is 2.37. The molecule has 1 aromatic carbocycles. The van der Waals surface area contributed by atoms with Gasteiger partial charge in [0.15, 0.2) is 5.78 Å². The molecular formula is C12H12FNO. The number of nitriles is 1. The molecule has 78 valence electrons. The van der Waals surface area contributed by atoms with Crippen molar-refractivity contribution in [3.63, 3.8) is 0 Å². The van der Waals surface area contributed by atoms with Crippen molar-refractivity contribution in [1.29, 1.82) is 5.26 Å². The highest BCUT2D eigenvalue weighted by Gasteiger charge is 2.14. The predicted molar refractivity (Wildman–Crippen MR) is 54.9 cm³/mol. The van der Waals surface area contributed by atoms with Crippen LogP contribution in [-0.2, 0) is 0 Å². The molecule has 0 spiro atoms. The summed E-state index contributed by atoms with van der Waals surface area (Å²) in [6.45, 7) is 3.69. The van der Waals surface area contributed by atoms with Gasteiger partial charge in [0.05, 0.1) is 11.6 Å².